The second kappa shape index (κ2) is 6.34. The molecule has 1 aromatic rings. The van der Waals surface area contributed by atoms with Crippen LogP contribution in [0.1, 0.15) is 0 Å². The highest BCUT2D eigenvalue weighted by Crippen LogP contribution is 2.23. The van der Waals surface area contributed by atoms with Crippen LogP contribution in [0, 0.1) is 10.1 Å². The van der Waals surface area contributed by atoms with Crippen LogP contribution in [0.4, 0.5) is 17.1 Å². The Morgan fingerprint density at radius 3 is 2.37 bits per heavy atom. The number of rotatable bonds is 7. The summed E-state index contributed by atoms with van der Waals surface area (Å²) < 4.78 is 24.6. The second-order valence-corrected chi connectivity index (χ2v) is 5.77. The van der Waals surface area contributed by atoms with Crippen LogP contribution in [0.3, 0.4) is 0 Å². The van der Waals surface area contributed by atoms with Crippen LogP contribution < -0.4 is 15.4 Å². The largest absolute Gasteiger partial charge is 0.388 e. The number of hydrogen-bond acceptors (Lipinski definition) is 6. The Balaban J connectivity index is 2.78. The van der Waals surface area contributed by atoms with E-state index in [0.717, 1.165) is 0 Å². The van der Waals surface area contributed by atoms with Gasteiger partial charge >= 0.3 is 0 Å². The van der Waals surface area contributed by atoms with Crippen LogP contribution in [0.15, 0.2) is 18.2 Å². The molecule has 1 rings (SSSR count). The van der Waals surface area contributed by atoms with Crippen molar-refractivity contribution in [3.8, 4) is 0 Å². The first-order valence-corrected chi connectivity index (χ1v) is 7.15. The third kappa shape index (κ3) is 4.72. The average molecular weight is 288 g/mol. The Labute approximate surface area is 111 Å². The molecule has 0 heterocycles. The van der Waals surface area contributed by atoms with E-state index in [4.69, 9.17) is 0 Å². The molecule has 0 saturated heterocycles. The van der Waals surface area contributed by atoms with E-state index in [1.165, 1.54) is 19.2 Å². The van der Waals surface area contributed by atoms with Crippen LogP contribution in [-0.4, -0.2) is 39.7 Å². The molecule has 0 radical (unpaired) electrons. The van der Waals surface area contributed by atoms with Crippen LogP contribution in [0.5, 0.6) is 0 Å². The second-order valence-electron chi connectivity index (χ2n) is 3.73. The summed E-state index contributed by atoms with van der Waals surface area (Å²) in [7, 11) is -0.312. The summed E-state index contributed by atoms with van der Waals surface area (Å²) in [4.78, 5) is 10.2. The van der Waals surface area contributed by atoms with Gasteiger partial charge in [-0.25, -0.2) is 13.1 Å². The van der Waals surface area contributed by atoms with Crippen molar-refractivity contribution >= 4 is 27.1 Å². The molecule has 0 amide bonds. The number of nitrogens with one attached hydrogen (secondary N) is 3. The van der Waals surface area contributed by atoms with Crippen molar-refractivity contribution in [3.63, 3.8) is 0 Å². The minimum absolute atomic E-state index is 0.0641. The number of nitrogens with zero attached hydrogens (tertiary/aromatic N) is 1. The van der Waals surface area contributed by atoms with E-state index in [0.29, 0.717) is 11.4 Å². The van der Waals surface area contributed by atoms with Crippen molar-refractivity contribution in [2.24, 2.45) is 0 Å². The van der Waals surface area contributed by atoms with Crippen molar-refractivity contribution in [2.45, 2.75) is 0 Å². The summed E-state index contributed by atoms with van der Waals surface area (Å²) >= 11 is 0. The quantitative estimate of drug-likeness (QED) is 0.500. The molecule has 106 valence electrons. The summed E-state index contributed by atoms with van der Waals surface area (Å²) in [6, 6.07) is 4.42. The topological polar surface area (TPSA) is 113 Å². The fourth-order valence-corrected chi connectivity index (χ4v) is 1.97. The maximum absolute atomic E-state index is 11.2. The van der Waals surface area contributed by atoms with Gasteiger partial charge in [0.15, 0.2) is 0 Å². The van der Waals surface area contributed by atoms with Crippen molar-refractivity contribution < 1.29 is 13.3 Å². The van der Waals surface area contributed by atoms with Gasteiger partial charge in [-0.2, -0.15) is 0 Å². The van der Waals surface area contributed by atoms with Crippen molar-refractivity contribution in [3.05, 3.63) is 28.3 Å². The summed E-state index contributed by atoms with van der Waals surface area (Å²) in [5.74, 6) is -0.110. The van der Waals surface area contributed by atoms with E-state index in [1.54, 1.807) is 13.1 Å². The molecule has 9 heteroatoms. The molecule has 0 bridgehead atoms. The lowest BCUT2D eigenvalue weighted by Gasteiger charge is -2.08. The maximum Gasteiger partial charge on any atom is 0.273 e. The van der Waals surface area contributed by atoms with Gasteiger partial charge in [0.2, 0.25) is 10.0 Å². The van der Waals surface area contributed by atoms with Gasteiger partial charge in [-0.05, 0) is 13.1 Å². The predicted octanol–water partition coefficient (Wildman–Crippen LogP) is 0.598. The molecule has 0 saturated carbocycles. The van der Waals surface area contributed by atoms with Crippen LogP contribution in [0.2, 0.25) is 0 Å². The fourth-order valence-electron chi connectivity index (χ4n) is 1.39. The number of benzene rings is 1. The minimum Gasteiger partial charge on any atom is -0.388 e. The van der Waals surface area contributed by atoms with E-state index in [1.807, 2.05) is 0 Å². The van der Waals surface area contributed by atoms with E-state index in [2.05, 4.69) is 15.4 Å². The predicted molar refractivity (Wildman–Crippen MR) is 74.0 cm³/mol. The molecular weight excluding hydrogens is 272 g/mol. The molecule has 8 nitrogen and oxygen atoms in total. The molecule has 0 unspecified atom stereocenters. The molecule has 3 N–H and O–H groups in total. The minimum atomic E-state index is -3.29. The third-order valence-electron chi connectivity index (χ3n) is 2.43. The van der Waals surface area contributed by atoms with Gasteiger partial charge in [-0.1, -0.05) is 0 Å². The van der Waals surface area contributed by atoms with Crippen LogP contribution >= 0.6 is 0 Å². The number of anilines is 2. The lowest BCUT2D eigenvalue weighted by atomic mass is 10.2. The maximum atomic E-state index is 11.2. The Morgan fingerprint density at radius 2 is 1.84 bits per heavy atom. The number of non-ortho nitro benzene ring substituents is 1. The standard InChI is InChI=1S/C10H16N4O4S/c1-11-8-5-9(7-10(6-8)14(15)16)13-3-4-19(17,18)12-2/h5-7,11-13H,3-4H2,1-2H3. The highest BCUT2D eigenvalue weighted by atomic mass is 32.2. The molecule has 19 heavy (non-hydrogen) atoms. The van der Waals surface area contributed by atoms with Crippen LogP contribution in [0.25, 0.3) is 0 Å². The first-order valence-electron chi connectivity index (χ1n) is 5.50. The molecule has 0 fully saturated rings. The van der Waals surface area contributed by atoms with E-state index in [9.17, 15) is 18.5 Å². The Bertz CT molecular complexity index is 559. The summed E-state index contributed by atoms with van der Waals surface area (Å²) in [6.45, 7) is 0.160. The lowest BCUT2D eigenvalue weighted by Crippen LogP contribution is -2.26. The SMILES string of the molecule is CNc1cc(NCCS(=O)(=O)NC)cc([N+](=O)[O-])c1. The highest BCUT2D eigenvalue weighted by Gasteiger charge is 2.10. The summed E-state index contributed by atoms with van der Waals surface area (Å²) in [6.07, 6.45) is 0. The first kappa shape index (κ1) is 15.2. The molecule has 0 aliphatic rings. The number of hydrogen-bond donors (Lipinski definition) is 3. The lowest BCUT2D eigenvalue weighted by molar-refractivity contribution is -0.384. The fraction of sp³-hybridized carbons (Fsp3) is 0.400. The van der Waals surface area contributed by atoms with Gasteiger partial charge in [-0.3, -0.25) is 10.1 Å². The number of sulfonamides is 1. The van der Waals surface area contributed by atoms with Crippen molar-refractivity contribution in [1.29, 1.82) is 0 Å². The summed E-state index contributed by atoms with van der Waals surface area (Å²) in [5, 5.41) is 16.4. The molecule has 0 aliphatic heterocycles. The number of nitro benzene ring substituents is 1. The zero-order valence-corrected chi connectivity index (χ0v) is 11.5. The monoisotopic (exact) mass is 288 g/mol. The van der Waals surface area contributed by atoms with Gasteiger partial charge in [0.1, 0.15) is 0 Å². The zero-order chi connectivity index (χ0) is 14.5. The van der Waals surface area contributed by atoms with Gasteiger partial charge in [0.25, 0.3) is 5.69 Å². The van der Waals surface area contributed by atoms with E-state index >= 15 is 0 Å². The molecule has 0 aliphatic carbocycles. The summed E-state index contributed by atoms with van der Waals surface area (Å²) in [5.41, 5.74) is 1.00. The van der Waals surface area contributed by atoms with Crippen LogP contribution in [-0.2, 0) is 10.0 Å². The molecule has 0 spiro atoms. The van der Waals surface area contributed by atoms with Crippen molar-refractivity contribution in [1.82, 2.24) is 4.72 Å². The third-order valence-corrected chi connectivity index (χ3v) is 3.79. The highest BCUT2D eigenvalue weighted by molar-refractivity contribution is 7.89. The van der Waals surface area contributed by atoms with Crippen molar-refractivity contribution in [2.75, 3.05) is 37.0 Å². The zero-order valence-electron chi connectivity index (χ0n) is 10.6. The van der Waals surface area contributed by atoms with Gasteiger partial charge in [0.05, 0.1) is 10.7 Å². The van der Waals surface area contributed by atoms with Gasteiger partial charge in [-0.15, -0.1) is 0 Å². The Kier molecular flexibility index (Phi) is 5.07. The van der Waals surface area contributed by atoms with Gasteiger partial charge < -0.3 is 10.6 Å². The number of nitro groups is 1. The van der Waals surface area contributed by atoms with Gasteiger partial charge in [0, 0.05) is 37.1 Å². The molecular formula is C10H16N4O4S. The molecule has 1 aromatic carbocycles. The van der Waals surface area contributed by atoms with E-state index < -0.39 is 14.9 Å². The Morgan fingerprint density at radius 1 is 1.21 bits per heavy atom. The van der Waals surface area contributed by atoms with E-state index in [-0.39, 0.29) is 18.0 Å². The average Bonchev–Trinajstić information content (AvgIpc) is 2.38. The Hall–Kier alpha value is -1.87. The molecule has 0 atom stereocenters. The molecule has 0 aromatic heterocycles. The smallest absolute Gasteiger partial charge is 0.273 e. The first-order chi connectivity index (χ1) is 8.88. The normalized spacial score (nSPS) is 11.1.